The van der Waals surface area contributed by atoms with Crippen LogP contribution in [0.2, 0.25) is 0 Å². The van der Waals surface area contributed by atoms with E-state index in [1.165, 1.54) is 37.7 Å². The minimum absolute atomic E-state index is 0.529. The molecule has 18 heavy (non-hydrogen) atoms. The van der Waals surface area contributed by atoms with Gasteiger partial charge in [0.1, 0.15) is 0 Å². The molecule has 1 aromatic rings. The fourth-order valence-electron chi connectivity index (χ4n) is 2.55. The molecule has 1 aliphatic rings. The van der Waals surface area contributed by atoms with Crippen molar-refractivity contribution in [1.29, 1.82) is 0 Å². The average molecular weight is 250 g/mol. The molecule has 0 amide bonds. The second-order valence-electron chi connectivity index (χ2n) is 5.16. The molecule has 0 unspecified atom stereocenters. The maximum Gasteiger partial charge on any atom is 0.0594 e. The van der Waals surface area contributed by atoms with Crippen LogP contribution in [-0.4, -0.2) is 23.8 Å². The first kappa shape index (κ1) is 13.6. The second-order valence-corrected chi connectivity index (χ2v) is 5.16. The van der Waals surface area contributed by atoms with Crippen molar-refractivity contribution in [2.24, 2.45) is 0 Å². The van der Waals surface area contributed by atoms with Crippen molar-refractivity contribution >= 4 is 0 Å². The molecular weight excluding hydrogens is 224 g/mol. The molecule has 0 spiro atoms. The number of aryl methyl sites for hydroxylation is 1. The topological polar surface area (TPSA) is 26.2 Å². The number of ether oxygens (including phenoxy) is 1. The zero-order valence-electron chi connectivity index (χ0n) is 11.5. The van der Waals surface area contributed by atoms with Crippen LogP contribution in [0.3, 0.4) is 0 Å². The molecule has 1 fully saturated rings. The molecule has 1 aromatic heterocycles. The van der Waals surface area contributed by atoms with Gasteiger partial charge in [0.15, 0.2) is 0 Å². The summed E-state index contributed by atoms with van der Waals surface area (Å²) in [7, 11) is 0. The largest absolute Gasteiger partial charge is 0.377 e. The molecule has 1 saturated carbocycles. The Morgan fingerprint density at radius 1 is 1.33 bits per heavy atom. The zero-order chi connectivity index (χ0) is 12.6. The van der Waals surface area contributed by atoms with Gasteiger partial charge in [-0.1, -0.05) is 19.3 Å². The highest BCUT2D eigenvalue weighted by molar-refractivity contribution is 5.09. The van der Waals surface area contributed by atoms with Gasteiger partial charge in [0, 0.05) is 32.0 Å². The molecule has 0 saturated heterocycles. The summed E-state index contributed by atoms with van der Waals surface area (Å²) in [5.74, 6) is 0. The van der Waals surface area contributed by atoms with Gasteiger partial charge in [0.05, 0.1) is 12.7 Å². The van der Waals surface area contributed by atoms with Crippen LogP contribution in [0.4, 0.5) is 0 Å². The second kappa shape index (κ2) is 7.59. The van der Waals surface area contributed by atoms with Crippen LogP contribution in [0, 0.1) is 0 Å². The lowest BCUT2D eigenvalue weighted by Gasteiger charge is -2.21. The molecule has 1 heterocycles. The quantitative estimate of drug-likeness (QED) is 0.753. The van der Waals surface area contributed by atoms with Gasteiger partial charge >= 0.3 is 0 Å². The Labute approximate surface area is 111 Å². The summed E-state index contributed by atoms with van der Waals surface area (Å²) in [6.07, 6.45) is 11.5. The van der Waals surface area contributed by atoms with Crippen LogP contribution in [0.5, 0.6) is 0 Å². The summed E-state index contributed by atoms with van der Waals surface area (Å²) in [5.41, 5.74) is 1.36. The third-order valence-electron chi connectivity index (χ3n) is 3.69. The molecule has 0 radical (unpaired) electrons. The SMILES string of the molecule is CCn1ccc(CNCCOC2CCCCC2)c1. The van der Waals surface area contributed by atoms with E-state index in [0.717, 1.165) is 26.2 Å². The smallest absolute Gasteiger partial charge is 0.0594 e. The van der Waals surface area contributed by atoms with Crippen LogP contribution in [0.1, 0.15) is 44.6 Å². The number of nitrogens with one attached hydrogen (secondary N) is 1. The van der Waals surface area contributed by atoms with Crippen LogP contribution < -0.4 is 5.32 Å². The average Bonchev–Trinajstić information content (AvgIpc) is 2.87. The standard InChI is InChI=1S/C15H26N2O/c1-2-17-10-8-14(13-17)12-16-9-11-18-15-6-4-3-5-7-15/h8,10,13,15-16H,2-7,9,11-12H2,1H3. The first-order chi connectivity index (χ1) is 8.88. The Morgan fingerprint density at radius 3 is 2.89 bits per heavy atom. The third-order valence-corrected chi connectivity index (χ3v) is 3.69. The van der Waals surface area contributed by atoms with Gasteiger partial charge in [-0.3, -0.25) is 0 Å². The molecule has 0 atom stereocenters. The molecule has 0 aliphatic heterocycles. The van der Waals surface area contributed by atoms with Gasteiger partial charge in [-0.05, 0) is 31.4 Å². The molecule has 1 N–H and O–H groups in total. The van der Waals surface area contributed by atoms with Crippen LogP contribution in [0.15, 0.2) is 18.5 Å². The minimum atomic E-state index is 0.529. The monoisotopic (exact) mass is 250 g/mol. The summed E-state index contributed by atoms with van der Waals surface area (Å²) in [6.45, 7) is 5.95. The van der Waals surface area contributed by atoms with E-state index in [2.05, 4.69) is 35.3 Å². The number of hydrogen-bond donors (Lipinski definition) is 1. The van der Waals surface area contributed by atoms with Gasteiger partial charge < -0.3 is 14.6 Å². The highest BCUT2D eigenvalue weighted by Crippen LogP contribution is 2.19. The van der Waals surface area contributed by atoms with Crippen molar-refractivity contribution in [3.05, 3.63) is 24.0 Å². The normalized spacial score (nSPS) is 17.2. The van der Waals surface area contributed by atoms with Crippen molar-refractivity contribution in [3.8, 4) is 0 Å². The van der Waals surface area contributed by atoms with Crippen LogP contribution in [0.25, 0.3) is 0 Å². The van der Waals surface area contributed by atoms with E-state index in [1.54, 1.807) is 0 Å². The van der Waals surface area contributed by atoms with Crippen molar-refractivity contribution in [3.63, 3.8) is 0 Å². The maximum absolute atomic E-state index is 5.88. The summed E-state index contributed by atoms with van der Waals surface area (Å²) in [4.78, 5) is 0. The number of aromatic nitrogens is 1. The lowest BCUT2D eigenvalue weighted by atomic mass is 9.98. The molecule has 102 valence electrons. The minimum Gasteiger partial charge on any atom is -0.377 e. The lowest BCUT2D eigenvalue weighted by molar-refractivity contribution is 0.0302. The van der Waals surface area contributed by atoms with Crippen molar-refractivity contribution in [2.45, 2.75) is 58.2 Å². The third kappa shape index (κ3) is 4.46. The van der Waals surface area contributed by atoms with E-state index in [1.807, 2.05) is 0 Å². The number of hydrogen-bond acceptors (Lipinski definition) is 2. The highest BCUT2D eigenvalue weighted by atomic mass is 16.5. The van der Waals surface area contributed by atoms with E-state index in [0.29, 0.717) is 6.10 Å². The Bertz CT molecular complexity index is 329. The van der Waals surface area contributed by atoms with Gasteiger partial charge in [0.25, 0.3) is 0 Å². The molecule has 2 rings (SSSR count). The van der Waals surface area contributed by atoms with Gasteiger partial charge in [-0.25, -0.2) is 0 Å². The van der Waals surface area contributed by atoms with E-state index >= 15 is 0 Å². The first-order valence-corrected chi connectivity index (χ1v) is 7.35. The summed E-state index contributed by atoms with van der Waals surface area (Å²) in [6, 6.07) is 2.18. The predicted molar refractivity (Wildman–Crippen MR) is 74.6 cm³/mol. The summed E-state index contributed by atoms with van der Waals surface area (Å²) in [5, 5.41) is 3.44. The highest BCUT2D eigenvalue weighted by Gasteiger charge is 2.12. The zero-order valence-corrected chi connectivity index (χ0v) is 11.5. The van der Waals surface area contributed by atoms with Crippen molar-refractivity contribution in [2.75, 3.05) is 13.2 Å². The Morgan fingerprint density at radius 2 is 2.17 bits per heavy atom. The Balaban J connectivity index is 1.52. The van der Waals surface area contributed by atoms with Crippen molar-refractivity contribution in [1.82, 2.24) is 9.88 Å². The lowest BCUT2D eigenvalue weighted by Crippen LogP contribution is -2.24. The van der Waals surface area contributed by atoms with Crippen molar-refractivity contribution < 1.29 is 4.74 Å². The number of nitrogens with zero attached hydrogens (tertiary/aromatic N) is 1. The summed E-state index contributed by atoms with van der Waals surface area (Å²) < 4.78 is 8.08. The van der Waals surface area contributed by atoms with Gasteiger partial charge in [0.2, 0.25) is 0 Å². The van der Waals surface area contributed by atoms with Gasteiger partial charge in [-0.2, -0.15) is 0 Å². The van der Waals surface area contributed by atoms with E-state index in [9.17, 15) is 0 Å². The molecular formula is C15H26N2O. The van der Waals surface area contributed by atoms with E-state index in [-0.39, 0.29) is 0 Å². The molecule has 3 nitrogen and oxygen atoms in total. The maximum atomic E-state index is 5.88. The molecule has 3 heteroatoms. The van der Waals surface area contributed by atoms with E-state index < -0.39 is 0 Å². The summed E-state index contributed by atoms with van der Waals surface area (Å²) >= 11 is 0. The Hall–Kier alpha value is -0.800. The first-order valence-electron chi connectivity index (χ1n) is 7.35. The van der Waals surface area contributed by atoms with E-state index in [4.69, 9.17) is 4.74 Å². The molecule has 0 bridgehead atoms. The van der Waals surface area contributed by atoms with Gasteiger partial charge in [-0.15, -0.1) is 0 Å². The fraction of sp³-hybridized carbons (Fsp3) is 0.733. The van der Waals surface area contributed by atoms with Crippen LogP contribution >= 0.6 is 0 Å². The molecule has 1 aliphatic carbocycles. The predicted octanol–water partition coefficient (Wildman–Crippen LogP) is 2.95. The fourth-order valence-corrected chi connectivity index (χ4v) is 2.55. The molecule has 0 aromatic carbocycles. The number of rotatable bonds is 7. The van der Waals surface area contributed by atoms with Crippen LogP contribution in [-0.2, 0) is 17.8 Å². The Kier molecular flexibility index (Phi) is 5.75.